The maximum absolute atomic E-state index is 13.0. The van der Waals surface area contributed by atoms with Crippen LogP contribution in [0.2, 0.25) is 0 Å². The molecule has 0 bridgehead atoms. The minimum absolute atomic E-state index is 0.0816. The summed E-state index contributed by atoms with van der Waals surface area (Å²) < 4.78 is 20.1. The molecule has 0 heterocycles. The number of carbonyl (C=O) groups excluding carboxylic acids is 2. The zero-order valence-electron chi connectivity index (χ0n) is 25.3. The topological polar surface area (TPSA) is 86.3 Å². The Hall–Kier alpha value is -2.75. The average Bonchev–Trinajstić information content (AvgIpc) is 2.97. The zero-order valence-corrected chi connectivity index (χ0v) is 27.5. The number of amides is 2. The van der Waals surface area contributed by atoms with Gasteiger partial charge in [-0.05, 0) is 42.3 Å². The molecule has 0 aliphatic rings. The molecule has 3 atom stereocenters. The van der Waals surface area contributed by atoms with E-state index >= 15 is 0 Å². The second-order valence-electron chi connectivity index (χ2n) is 10.3. The van der Waals surface area contributed by atoms with Gasteiger partial charge in [0.25, 0.3) is 9.70 Å². The fraction of sp³-hybridized carbons (Fsp3) is 0.438. The van der Waals surface area contributed by atoms with Crippen LogP contribution in [0.5, 0.6) is 11.5 Å². The summed E-state index contributed by atoms with van der Waals surface area (Å²) in [5.74, 6) is -0.241. The normalized spacial score (nSPS) is 13.7. The molecular weight excluding hydrogens is 615 g/mol. The van der Waals surface area contributed by atoms with Crippen LogP contribution < -0.4 is 14.8 Å². The number of nitrogens with zero attached hydrogens (tertiary/aromatic N) is 1. The van der Waals surface area contributed by atoms with E-state index < -0.39 is 21.7 Å². The average molecular weight is 656 g/mol. The van der Waals surface area contributed by atoms with Crippen LogP contribution >= 0.6 is 34.8 Å². The highest BCUT2D eigenvalue weighted by atomic mass is 35.6. The molecule has 0 spiro atoms. The molecule has 0 saturated carbocycles. The minimum Gasteiger partial charge on any atom is -0.497 e. The predicted octanol–water partition coefficient (Wildman–Crippen LogP) is 6.14. The number of hydrogen-bond donors (Lipinski definition) is 1. The molecule has 43 heavy (non-hydrogen) atoms. The van der Waals surface area contributed by atoms with E-state index in [1.807, 2.05) is 55.5 Å². The van der Waals surface area contributed by atoms with E-state index in [-0.39, 0.29) is 31.5 Å². The van der Waals surface area contributed by atoms with Gasteiger partial charge in [-0.15, -0.1) is 0 Å². The van der Waals surface area contributed by atoms with Crippen LogP contribution in [0.25, 0.3) is 0 Å². The molecular formula is C32H41Cl3N2O6. The largest absolute Gasteiger partial charge is 0.497 e. The lowest BCUT2D eigenvalue weighted by Gasteiger charge is -2.34. The third-order valence-electron chi connectivity index (χ3n) is 6.79. The van der Waals surface area contributed by atoms with Crippen LogP contribution in [0.1, 0.15) is 24.5 Å². The first-order valence-electron chi connectivity index (χ1n) is 13.7. The Labute approximate surface area is 269 Å². The smallest absolute Gasteiger partial charge is 0.272 e. The van der Waals surface area contributed by atoms with Crippen molar-refractivity contribution in [3.8, 4) is 11.5 Å². The molecule has 8 nitrogen and oxygen atoms in total. The van der Waals surface area contributed by atoms with Crippen molar-refractivity contribution in [2.75, 3.05) is 41.5 Å². The fourth-order valence-corrected chi connectivity index (χ4v) is 4.42. The number of carbonyl (C=O) groups is 2. The van der Waals surface area contributed by atoms with Gasteiger partial charge in [-0.2, -0.15) is 0 Å². The van der Waals surface area contributed by atoms with Crippen molar-refractivity contribution in [3.05, 3.63) is 84.0 Å². The molecule has 2 aromatic carbocycles. The molecule has 0 saturated heterocycles. The summed E-state index contributed by atoms with van der Waals surface area (Å²) in [6.07, 6.45) is 3.61. The van der Waals surface area contributed by atoms with Crippen molar-refractivity contribution < 1.29 is 28.5 Å². The summed E-state index contributed by atoms with van der Waals surface area (Å²) in [4.78, 5) is 27.3. The van der Waals surface area contributed by atoms with E-state index in [1.165, 1.54) is 4.90 Å². The molecule has 0 fully saturated rings. The Bertz CT molecular complexity index is 1200. The van der Waals surface area contributed by atoms with Crippen molar-refractivity contribution in [2.24, 2.45) is 11.8 Å². The van der Waals surface area contributed by atoms with Crippen molar-refractivity contribution in [1.82, 2.24) is 10.2 Å². The molecule has 0 aliphatic carbocycles. The van der Waals surface area contributed by atoms with Crippen LogP contribution in [-0.4, -0.2) is 68.1 Å². The van der Waals surface area contributed by atoms with Gasteiger partial charge < -0.3 is 29.2 Å². The van der Waals surface area contributed by atoms with Crippen LogP contribution in [0.15, 0.2) is 72.8 Å². The number of rotatable bonds is 17. The Balaban J connectivity index is 2.26. The van der Waals surface area contributed by atoms with Crippen LogP contribution in [0, 0.1) is 11.8 Å². The van der Waals surface area contributed by atoms with Crippen molar-refractivity contribution in [2.45, 2.75) is 36.4 Å². The molecule has 236 valence electrons. The Morgan fingerprint density at radius 3 is 1.88 bits per heavy atom. The number of methoxy groups -OCH3 is 2. The summed E-state index contributed by atoms with van der Waals surface area (Å²) >= 11 is 17.7. The van der Waals surface area contributed by atoms with Crippen LogP contribution in [0.4, 0.5) is 0 Å². The van der Waals surface area contributed by atoms with Gasteiger partial charge in [-0.3, -0.25) is 9.59 Å². The number of hydrogen-bond acceptors (Lipinski definition) is 6. The highest BCUT2D eigenvalue weighted by molar-refractivity contribution is 6.76. The van der Waals surface area contributed by atoms with Crippen LogP contribution in [-0.2, 0) is 32.3 Å². The first kappa shape index (κ1) is 36.4. The van der Waals surface area contributed by atoms with Crippen LogP contribution in [0.3, 0.4) is 0 Å². The number of ether oxygens (including phenoxy) is 4. The molecule has 2 amide bonds. The second kappa shape index (κ2) is 18.1. The third kappa shape index (κ3) is 12.8. The Morgan fingerprint density at radius 2 is 1.44 bits per heavy atom. The second-order valence-corrected chi connectivity index (χ2v) is 12.5. The van der Waals surface area contributed by atoms with Crippen molar-refractivity contribution in [1.29, 1.82) is 0 Å². The van der Waals surface area contributed by atoms with Crippen molar-refractivity contribution in [3.63, 3.8) is 0 Å². The van der Waals surface area contributed by atoms with E-state index in [0.717, 1.165) is 28.2 Å². The van der Waals surface area contributed by atoms with Gasteiger partial charge >= 0.3 is 0 Å². The predicted molar refractivity (Wildman–Crippen MR) is 172 cm³/mol. The van der Waals surface area contributed by atoms with Gasteiger partial charge in [-0.1, -0.05) is 83.4 Å². The molecule has 0 aliphatic heterocycles. The number of halogens is 3. The van der Waals surface area contributed by atoms with Gasteiger partial charge in [-0.25, -0.2) is 0 Å². The number of alkyl halides is 3. The van der Waals surface area contributed by atoms with Gasteiger partial charge in [0.2, 0.25) is 5.91 Å². The lowest BCUT2D eigenvalue weighted by atomic mass is 9.79. The fourth-order valence-electron chi connectivity index (χ4n) is 4.26. The van der Waals surface area contributed by atoms with E-state index in [9.17, 15) is 9.59 Å². The third-order valence-corrected chi connectivity index (χ3v) is 7.30. The Kier molecular flexibility index (Phi) is 15.4. The monoisotopic (exact) mass is 654 g/mol. The molecule has 0 aromatic heterocycles. The van der Waals surface area contributed by atoms with Crippen molar-refractivity contribution >= 4 is 46.6 Å². The highest BCUT2D eigenvalue weighted by Crippen LogP contribution is 2.31. The summed E-state index contributed by atoms with van der Waals surface area (Å²) in [6, 6.07) is 14.4. The first-order chi connectivity index (χ1) is 20.3. The molecule has 1 N–H and O–H groups in total. The summed E-state index contributed by atoms with van der Waals surface area (Å²) in [6.45, 7) is 7.23. The van der Waals surface area contributed by atoms with E-state index in [2.05, 4.69) is 11.9 Å². The summed E-state index contributed by atoms with van der Waals surface area (Å²) in [5, 5.41) is 2.81. The SMILES string of the molecule is C=C(C)C(COCc1ccc(OC)cc1)[C@H](CC(=O)N(C)C)[C@H](/C=C/COCc1ccc(OC)cc1)NC(=O)C(Cl)(Cl)Cl. The lowest BCUT2D eigenvalue weighted by Crippen LogP contribution is -2.48. The Morgan fingerprint density at radius 1 is 0.930 bits per heavy atom. The lowest BCUT2D eigenvalue weighted by molar-refractivity contribution is -0.131. The maximum atomic E-state index is 13.0. The molecule has 2 aromatic rings. The molecule has 1 unspecified atom stereocenters. The molecule has 11 heteroatoms. The maximum Gasteiger partial charge on any atom is 0.272 e. The minimum atomic E-state index is -2.20. The zero-order chi connectivity index (χ0) is 32.0. The first-order valence-corrected chi connectivity index (χ1v) is 14.8. The van der Waals surface area contributed by atoms with Gasteiger partial charge in [0.05, 0.1) is 46.7 Å². The molecule has 0 radical (unpaired) electrons. The van der Waals surface area contributed by atoms with Gasteiger partial charge in [0.15, 0.2) is 0 Å². The summed E-state index contributed by atoms with van der Waals surface area (Å²) in [7, 11) is 6.57. The van der Waals surface area contributed by atoms with Gasteiger partial charge in [0.1, 0.15) is 11.5 Å². The van der Waals surface area contributed by atoms with E-state index in [1.54, 1.807) is 40.5 Å². The van der Waals surface area contributed by atoms with E-state index in [4.69, 9.17) is 53.8 Å². The highest BCUT2D eigenvalue weighted by Gasteiger charge is 2.37. The van der Waals surface area contributed by atoms with Gasteiger partial charge in [0, 0.05) is 32.4 Å². The summed E-state index contributed by atoms with van der Waals surface area (Å²) in [5.41, 5.74) is 2.71. The standard InChI is InChI=1S/C32H41Cl3N2O6/c1-22(2)28(21-43-20-24-11-15-26(41-6)16-12-24)27(18-30(38)37(3)4)29(36-31(39)32(33,34)35)8-7-17-42-19-23-9-13-25(40-5)14-10-23/h7-16,27-29H,1,17-21H2,2-6H3,(H,36,39)/b8-7+/t27-,28?,29-/m0/s1. The van der Waals surface area contributed by atoms with E-state index in [0.29, 0.717) is 13.2 Å². The number of nitrogens with one attached hydrogen (secondary N) is 1. The number of benzene rings is 2. The quantitative estimate of drug-likeness (QED) is 0.125. The molecule has 2 rings (SSSR count).